The molecule has 0 radical (unpaired) electrons. The van der Waals surface area contributed by atoms with Gasteiger partial charge in [0, 0.05) is 11.1 Å². The second-order valence-corrected chi connectivity index (χ2v) is 4.34. The Balaban J connectivity index is 2.98. The zero-order valence-corrected chi connectivity index (χ0v) is 10.5. The van der Waals surface area contributed by atoms with Crippen LogP contribution in [0.15, 0.2) is 23.8 Å². The molecule has 0 aliphatic rings. The Bertz CT molecular complexity index is 369. The van der Waals surface area contributed by atoms with Gasteiger partial charge in [-0.05, 0) is 51.1 Å². The zero-order chi connectivity index (χ0) is 11.4. The van der Waals surface area contributed by atoms with Crippen LogP contribution in [0.25, 0.3) is 6.08 Å². The highest BCUT2D eigenvalue weighted by atomic mass is 35.5. The standard InChI is InChI=1S/C13H18ClN/c1-9(11(3)15-4)7-12-5-6-13(14)8-10(12)2/h5-8,11,15H,1-4H3/b9-7+. The van der Waals surface area contributed by atoms with Crippen molar-refractivity contribution in [3.05, 3.63) is 39.9 Å². The van der Waals surface area contributed by atoms with E-state index in [9.17, 15) is 0 Å². The molecule has 1 N–H and O–H groups in total. The Morgan fingerprint density at radius 2 is 2.13 bits per heavy atom. The van der Waals surface area contributed by atoms with E-state index < -0.39 is 0 Å². The number of hydrogen-bond donors (Lipinski definition) is 1. The summed E-state index contributed by atoms with van der Waals surface area (Å²) in [4.78, 5) is 0. The maximum atomic E-state index is 5.91. The van der Waals surface area contributed by atoms with Gasteiger partial charge in [0.05, 0.1) is 0 Å². The van der Waals surface area contributed by atoms with Crippen LogP contribution in [0.3, 0.4) is 0 Å². The minimum Gasteiger partial charge on any atom is -0.314 e. The smallest absolute Gasteiger partial charge is 0.0409 e. The molecule has 0 aliphatic heterocycles. The van der Waals surface area contributed by atoms with E-state index in [4.69, 9.17) is 11.6 Å². The first-order valence-corrected chi connectivity index (χ1v) is 5.54. The van der Waals surface area contributed by atoms with Crippen LogP contribution in [0.1, 0.15) is 25.0 Å². The molecule has 1 rings (SSSR count). The van der Waals surface area contributed by atoms with Crippen molar-refractivity contribution >= 4 is 17.7 Å². The molecule has 1 aromatic rings. The zero-order valence-electron chi connectivity index (χ0n) is 9.76. The van der Waals surface area contributed by atoms with Gasteiger partial charge in [-0.3, -0.25) is 0 Å². The lowest BCUT2D eigenvalue weighted by Crippen LogP contribution is -2.21. The first kappa shape index (κ1) is 12.3. The third kappa shape index (κ3) is 3.37. The second kappa shape index (κ2) is 5.34. The minimum absolute atomic E-state index is 0.403. The first-order valence-electron chi connectivity index (χ1n) is 5.16. The summed E-state index contributed by atoms with van der Waals surface area (Å²) in [5.74, 6) is 0. The molecule has 82 valence electrons. The maximum Gasteiger partial charge on any atom is 0.0409 e. The molecule has 0 heterocycles. The minimum atomic E-state index is 0.403. The number of nitrogens with one attached hydrogen (secondary N) is 1. The van der Waals surface area contributed by atoms with Gasteiger partial charge in [0.15, 0.2) is 0 Å². The third-order valence-corrected chi connectivity index (χ3v) is 2.97. The van der Waals surface area contributed by atoms with E-state index in [2.05, 4.69) is 38.2 Å². The number of halogens is 1. The van der Waals surface area contributed by atoms with Crippen molar-refractivity contribution in [2.75, 3.05) is 7.05 Å². The Morgan fingerprint density at radius 1 is 1.47 bits per heavy atom. The summed E-state index contributed by atoms with van der Waals surface area (Å²) in [6, 6.07) is 6.38. The Morgan fingerprint density at radius 3 is 2.67 bits per heavy atom. The molecule has 1 nitrogen and oxygen atoms in total. The normalized spacial score (nSPS) is 14.1. The van der Waals surface area contributed by atoms with Crippen LogP contribution < -0.4 is 5.32 Å². The monoisotopic (exact) mass is 223 g/mol. The van der Waals surface area contributed by atoms with Gasteiger partial charge in [0.25, 0.3) is 0 Å². The molecule has 2 heteroatoms. The van der Waals surface area contributed by atoms with E-state index in [1.807, 2.05) is 19.2 Å². The molecule has 0 aliphatic carbocycles. The van der Waals surface area contributed by atoms with Crippen LogP contribution >= 0.6 is 11.6 Å². The maximum absolute atomic E-state index is 5.91. The summed E-state index contributed by atoms with van der Waals surface area (Å²) in [6.07, 6.45) is 2.20. The lowest BCUT2D eigenvalue weighted by molar-refractivity contribution is 0.696. The molecule has 0 spiro atoms. The molecule has 1 unspecified atom stereocenters. The van der Waals surface area contributed by atoms with Crippen LogP contribution in [0.5, 0.6) is 0 Å². The molecule has 0 saturated carbocycles. The predicted octanol–water partition coefficient (Wildman–Crippen LogP) is 3.66. The molecular weight excluding hydrogens is 206 g/mol. The molecule has 1 atom stereocenters. The fourth-order valence-corrected chi connectivity index (χ4v) is 1.63. The number of aryl methyl sites for hydroxylation is 1. The molecule has 1 aromatic carbocycles. The van der Waals surface area contributed by atoms with Crippen molar-refractivity contribution in [3.8, 4) is 0 Å². The molecule has 0 fully saturated rings. The first-order chi connectivity index (χ1) is 7.04. The number of likely N-dealkylation sites (N-methyl/N-ethyl adjacent to an activating group) is 1. The van der Waals surface area contributed by atoms with Gasteiger partial charge in [-0.1, -0.05) is 29.3 Å². The highest BCUT2D eigenvalue weighted by Crippen LogP contribution is 2.18. The largest absolute Gasteiger partial charge is 0.314 e. The number of rotatable bonds is 3. The van der Waals surface area contributed by atoms with Gasteiger partial charge in [0.2, 0.25) is 0 Å². The average Bonchev–Trinajstić information content (AvgIpc) is 2.20. The SMILES string of the molecule is CNC(C)/C(C)=C/c1ccc(Cl)cc1C. The molecule has 0 bridgehead atoms. The highest BCUT2D eigenvalue weighted by molar-refractivity contribution is 6.30. The van der Waals surface area contributed by atoms with Gasteiger partial charge in [0.1, 0.15) is 0 Å². The fourth-order valence-electron chi connectivity index (χ4n) is 1.40. The van der Waals surface area contributed by atoms with Gasteiger partial charge in [-0.15, -0.1) is 0 Å². The third-order valence-electron chi connectivity index (χ3n) is 2.73. The fraction of sp³-hybridized carbons (Fsp3) is 0.385. The molecule has 0 saturated heterocycles. The summed E-state index contributed by atoms with van der Waals surface area (Å²) in [7, 11) is 1.97. The van der Waals surface area contributed by atoms with Crippen LogP contribution in [0.4, 0.5) is 0 Å². The van der Waals surface area contributed by atoms with Gasteiger partial charge < -0.3 is 5.32 Å². The van der Waals surface area contributed by atoms with Crippen LogP contribution in [-0.4, -0.2) is 13.1 Å². The van der Waals surface area contributed by atoms with E-state index in [1.165, 1.54) is 16.7 Å². The van der Waals surface area contributed by atoms with Crippen LogP contribution in [0.2, 0.25) is 5.02 Å². The van der Waals surface area contributed by atoms with Crippen molar-refractivity contribution in [2.45, 2.75) is 26.8 Å². The van der Waals surface area contributed by atoms with Gasteiger partial charge >= 0.3 is 0 Å². The Labute approximate surface area is 97.1 Å². The van der Waals surface area contributed by atoms with Gasteiger partial charge in [-0.2, -0.15) is 0 Å². The second-order valence-electron chi connectivity index (χ2n) is 3.90. The quantitative estimate of drug-likeness (QED) is 0.825. The van der Waals surface area contributed by atoms with Gasteiger partial charge in [-0.25, -0.2) is 0 Å². The predicted molar refractivity (Wildman–Crippen MR) is 68.4 cm³/mol. The van der Waals surface area contributed by atoms with E-state index in [0.717, 1.165) is 5.02 Å². The molecule has 0 amide bonds. The highest BCUT2D eigenvalue weighted by Gasteiger charge is 2.02. The number of hydrogen-bond acceptors (Lipinski definition) is 1. The molecule has 0 aromatic heterocycles. The molecular formula is C13H18ClN. The summed E-state index contributed by atoms with van der Waals surface area (Å²) >= 11 is 5.91. The lowest BCUT2D eigenvalue weighted by Gasteiger charge is -2.11. The number of benzene rings is 1. The topological polar surface area (TPSA) is 12.0 Å². The van der Waals surface area contributed by atoms with Crippen LogP contribution in [-0.2, 0) is 0 Å². The van der Waals surface area contributed by atoms with Crippen LogP contribution in [0, 0.1) is 6.92 Å². The summed E-state index contributed by atoms with van der Waals surface area (Å²) in [5, 5.41) is 4.02. The van der Waals surface area contributed by atoms with Crippen molar-refractivity contribution in [1.29, 1.82) is 0 Å². The van der Waals surface area contributed by atoms with E-state index in [0.29, 0.717) is 6.04 Å². The average molecular weight is 224 g/mol. The summed E-state index contributed by atoms with van der Waals surface area (Å²) < 4.78 is 0. The lowest BCUT2D eigenvalue weighted by atomic mass is 10.0. The Kier molecular flexibility index (Phi) is 4.37. The van der Waals surface area contributed by atoms with E-state index in [-0.39, 0.29) is 0 Å². The summed E-state index contributed by atoms with van der Waals surface area (Å²) in [5.41, 5.74) is 3.77. The van der Waals surface area contributed by atoms with E-state index in [1.54, 1.807) is 0 Å². The van der Waals surface area contributed by atoms with Crippen molar-refractivity contribution < 1.29 is 0 Å². The van der Waals surface area contributed by atoms with E-state index >= 15 is 0 Å². The van der Waals surface area contributed by atoms with Crippen molar-refractivity contribution in [1.82, 2.24) is 5.32 Å². The van der Waals surface area contributed by atoms with Crippen molar-refractivity contribution in [2.24, 2.45) is 0 Å². The summed E-state index contributed by atoms with van der Waals surface area (Å²) in [6.45, 7) is 6.36. The Hall–Kier alpha value is -0.790. The molecule has 15 heavy (non-hydrogen) atoms. The van der Waals surface area contributed by atoms with Crippen molar-refractivity contribution in [3.63, 3.8) is 0 Å².